The van der Waals surface area contributed by atoms with Gasteiger partial charge in [-0.05, 0) is 68.5 Å². The minimum Gasteiger partial charge on any atom is -0.496 e. The van der Waals surface area contributed by atoms with Gasteiger partial charge in [-0.1, -0.05) is 28.1 Å². The molecule has 0 spiro atoms. The second-order valence-electron chi connectivity index (χ2n) is 8.73. The Bertz CT molecular complexity index is 1050. The van der Waals surface area contributed by atoms with E-state index in [4.69, 9.17) is 14.7 Å². The number of rotatable bonds is 8. The van der Waals surface area contributed by atoms with Gasteiger partial charge < -0.3 is 20.3 Å². The molecule has 2 aromatic carbocycles. The van der Waals surface area contributed by atoms with Crippen molar-refractivity contribution in [3.8, 4) is 5.75 Å². The van der Waals surface area contributed by atoms with Gasteiger partial charge in [0.15, 0.2) is 0 Å². The Morgan fingerprint density at radius 1 is 1.06 bits per heavy atom. The van der Waals surface area contributed by atoms with Crippen LogP contribution in [0.5, 0.6) is 5.75 Å². The van der Waals surface area contributed by atoms with Crippen molar-refractivity contribution in [1.82, 2.24) is 15.3 Å². The molecule has 1 saturated carbocycles. The van der Waals surface area contributed by atoms with Crippen molar-refractivity contribution in [2.75, 3.05) is 38.0 Å². The van der Waals surface area contributed by atoms with Gasteiger partial charge in [0.2, 0.25) is 5.95 Å². The third kappa shape index (κ3) is 5.51. The summed E-state index contributed by atoms with van der Waals surface area (Å²) in [6, 6.07) is 14.8. The van der Waals surface area contributed by atoms with E-state index in [9.17, 15) is 0 Å². The fourth-order valence-corrected chi connectivity index (χ4v) is 4.86. The van der Waals surface area contributed by atoms with Crippen LogP contribution in [-0.4, -0.2) is 43.8 Å². The van der Waals surface area contributed by atoms with E-state index in [1.165, 1.54) is 18.4 Å². The highest BCUT2D eigenvalue weighted by Gasteiger charge is 2.22. The molecule has 0 bridgehead atoms. The maximum atomic E-state index is 5.48. The molecular weight excluding hydrogens is 466 g/mol. The van der Waals surface area contributed by atoms with Crippen LogP contribution in [0.4, 0.5) is 11.8 Å². The van der Waals surface area contributed by atoms with Crippen LogP contribution in [0.1, 0.15) is 31.2 Å². The van der Waals surface area contributed by atoms with Crippen LogP contribution in [0.15, 0.2) is 46.9 Å². The molecule has 1 fully saturated rings. The first-order valence-corrected chi connectivity index (χ1v) is 12.1. The summed E-state index contributed by atoms with van der Waals surface area (Å²) in [6.45, 7) is 1.85. The standard InChI is InChI=1S/C25H32BrN5O/c1-31(2)24-21-6-4-5-7-22(21)29-25(30-24)28-20-11-8-17(9-12-20)15-27-16-18-14-19(26)10-13-23(18)32-3/h4-7,10,13-14,17,20,27H,8-9,11-12,15-16H2,1-3H3,(H,28,29,30)/t17-,20+. The lowest BCUT2D eigenvalue weighted by Crippen LogP contribution is -2.31. The van der Waals surface area contributed by atoms with E-state index in [0.29, 0.717) is 12.0 Å². The normalized spacial score (nSPS) is 18.5. The number of fused-ring (bicyclic) bond motifs is 1. The zero-order chi connectivity index (χ0) is 22.5. The van der Waals surface area contributed by atoms with Gasteiger partial charge in [-0.25, -0.2) is 4.98 Å². The Morgan fingerprint density at radius 3 is 2.59 bits per heavy atom. The number of hydrogen-bond acceptors (Lipinski definition) is 6. The van der Waals surface area contributed by atoms with Gasteiger partial charge in [0.1, 0.15) is 11.6 Å². The smallest absolute Gasteiger partial charge is 0.225 e. The van der Waals surface area contributed by atoms with Crippen molar-refractivity contribution in [3.05, 3.63) is 52.5 Å². The Balaban J connectivity index is 1.30. The van der Waals surface area contributed by atoms with E-state index in [2.05, 4.69) is 49.7 Å². The molecule has 170 valence electrons. The highest BCUT2D eigenvalue weighted by molar-refractivity contribution is 9.10. The molecule has 3 aromatic rings. The van der Waals surface area contributed by atoms with Crippen molar-refractivity contribution >= 4 is 38.6 Å². The SMILES string of the molecule is COc1ccc(Br)cc1CNC[C@H]1CC[C@@H](Nc2nc(N(C)C)c3ccccc3n2)CC1. The fraction of sp³-hybridized carbons (Fsp3) is 0.440. The first kappa shape index (κ1) is 22.8. The summed E-state index contributed by atoms with van der Waals surface area (Å²) in [4.78, 5) is 11.6. The molecule has 0 amide bonds. The van der Waals surface area contributed by atoms with Gasteiger partial charge in [0, 0.05) is 42.1 Å². The number of methoxy groups -OCH3 is 1. The van der Waals surface area contributed by atoms with Gasteiger partial charge in [0.05, 0.1) is 12.6 Å². The van der Waals surface area contributed by atoms with Crippen molar-refractivity contribution in [2.45, 2.75) is 38.3 Å². The summed E-state index contributed by atoms with van der Waals surface area (Å²) in [7, 11) is 5.78. The summed E-state index contributed by atoms with van der Waals surface area (Å²) in [5, 5.41) is 8.31. The Hall–Kier alpha value is -2.38. The second kappa shape index (κ2) is 10.5. The summed E-state index contributed by atoms with van der Waals surface area (Å²) < 4.78 is 6.56. The molecular formula is C25H32BrN5O. The van der Waals surface area contributed by atoms with Crippen molar-refractivity contribution in [2.24, 2.45) is 5.92 Å². The highest BCUT2D eigenvalue weighted by atomic mass is 79.9. The number of hydrogen-bond donors (Lipinski definition) is 2. The zero-order valence-corrected chi connectivity index (χ0v) is 20.7. The lowest BCUT2D eigenvalue weighted by molar-refractivity contribution is 0.322. The summed E-state index contributed by atoms with van der Waals surface area (Å²) in [5.74, 6) is 3.32. The Morgan fingerprint density at radius 2 is 1.84 bits per heavy atom. The second-order valence-corrected chi connectivity index (χ2v) is 9.65. The van der Waals surface area contributed by atoms with E-state index < -0.39 is 0 Å². The molecule has 0 unspecified atom stereocenters. The van der Waals surface area contributed by atoms with Gasteiger partial charge >= 0.3 is 0 Å². The molecule has 32 heavy (non-hydrogen) atoms. The van der Waals surface area contributed by atoms with Crippen LogP contribution >= 0.6 is 15.9 Å². The average Bonchev–Trinajstić information content (AvgIpc) is 2.80. The topological polar surface area (TPSA) is 62.3 Å². The lowest BCUT2D eigenvalue weighted by atomic mass is 9.86. The first-order valence-electron chi connectivity index (χ1n) is 11.3. The quantitative estimate of drug-likeness (QED) is 0.444. The molecule has 4 rings (SSSR count). The molecule has 1 heterocycles. The molecule has 1 aromatic heterocycles. The molecule has 2 N–H and O–H groups in total. The number of para-hydroxylation sites is 1. The first-order chi connectivity index (χ1) is 15.5. The van der Waals surface area contributed by atoms with Crippen LogP contribution in [-0.2, 0) is 6.54 Å². The van der Waals surface area contributed by atoms with Crippen LogP contribution in [0.3, 0.4) is 0 Å². The molecule has 0 atom stereocenters. The molecule has 0 radical (unpaired) electrons. The van der Waals surface area contributed by atoms with Crippen molar-refractivity contribution in [3.63, 3.8) is 0 Å². The number of nitrogens with one attached hydrogen (secondary N) is 2. The Labute approximate surface area is 198 Å². The van der Waals surface area contributed by atoms with Crippen LogP contribution in [0, 0.1) is 5.92 Å². The predicted molar refractivity (Wildman–Crippen MR) is 136 cm³/mol. The van der Waals surface area contributed by atoms with E-state index in [-0.39, 0.29) is 0 Å². The highest BCUT2D eigenvalue weighted by Crippen LogP contribution is 2.28. The Kier molecular flexibility index (Phi) is 7.48. The number of aromatic nitrogens is 2. The minimum absolute atomic E-state index is 0.424. The van der Waals surface area contributed by atoms with E-state index >= 15 is 0 Å². The van der Waals surface area contributed by atoms with E-state index in [0.717, 1.165) is 58.8 Å². The van der Waals surface area contributed by atoms with Crippen LogP contribution < -0.4 is 20.3 Å². The molecule has 0 saturated heterocycles. The monoisotopic (exact) mass is 497 g/mol. The minimum atomic E-state index is 0.424. The molecule has 7 heteroatoms. The van der Waals surface area contributed by atoms with Gasteiger partial charge in [-0.3, -0.25) is 0 Å². The largest absolute Gasteiger partial charge is 0.496 e. The zero-order valence-electron chi connectivity index (χ0n) is 19.1. The number of benzene rings is 2. The molecule has 0 aliphatic heterocycles. The van der Waals surface area contributed by atoms with Crippen LogP contribution in [0.25, 0.3) is 10.9 Å². The number of nitrogens with zero attached hydrogens (tertiary/aromatic N) is 3. The molecule has 6 nitrogen and oxygen atoms in total. The van der Waals surface area contributed by atoms with Gasteiger partial charge in [0.25, 0.3) is 0 Å². The van der Waals surface area contributed by atoms with Crippen molar-refractivity contribution < 1.29 is 4.74 Å². The number of halogens is 1. The fourth-order valence-electron chi connectivity index (χ4n) is 4.46. The molecule has 1 aliphatic rings. The van der Waals surface area contributed by atoms with Crippen molar-refractivity contribution in [1.29, 1.82) is 0 Å². The summed E-state index contributed by atoms with van der Waals surface area (Å²) in [5.41, 5.74) is 2.16. The predicted octanol–water partition coefficient (Wildman–Crippen LogP) is 5.23. The molecule has 1 aliphatic carbocycles. The average molecular weight is 498 g/mol. The lowest BCUT2D eigenvalue weighted by Gasteiger charge is -2.29. The number of anilines is 2. The summed E-state index contributed by atoms with van der Waals surface area (Å²) >= 11 is 3.55. The van der Waals surface area contributed by atoms with Crippen LogP contribution in [0.2, 0.25) is 0 Å². The van der Waals surface area contributed by atoms with Gasteiger partial charge in [-0.2, -0.15) is 4.98 Å². The van der Waals surface area contributed by atoms with Gasteiger partial charge in [-0.15, -0.1) is 0 Å². The third-order valence-electron chi connectivity index (χ3n) is 6.18. The number of ether oxygens (including phenoxy) is 1. The third-order valence-corrected chi connectivity index (χ3v) is 6.67. The van der Waals surface area contributed by atoms with E-state index in [1.54, 1.807) is 7.11 Å². The summed E-state index contributed by atoms with van der Waals surface area (Å²) in [6.07, 6.45) is 4.68. The maximum absolute atomic E-state index is 5.48. The van der Waals surface area contributed by atoms with E-state index in [1.807, 2.05) is 38.4 Å². The maximum Gasteiger partial charge on any atom is 0.225 e.